The Labute approximate surface area is 86.1 Å². The van der Waals surface area contributed by atoms with Crippen molar-refractivity contribution in [3.63, 3.8) is 0 Å². The fourth-order valence-electron chi connectivity index (χ4n) is 0.923. The number of rotatable bonds is 2. The van der Waals surface area contributed by atoms with Gasteiger partial charge in [0.25, 0.3) is 0 Å². The predicted octanol–water partition coefficient (Wildman–Crippen LogP) is 1.80. The number of hydrogen-bond acceptors (Lipinski definition) is 2. The Morgan fingerprint density at radius 3 is 2.15 bits per heavy atom. The summed E-state index contributed by atoms with van der Waals surface area (Å²) in [5.41, 5.74) is 0.700. The van der Waals surface area contributed by atoms with E-state index in [1.807, 2.05) is 0 Å². The maximum Gasteiger partial charge on any atom is 0.215 e. The Hall–Kier alpha value is -0.390. The average molecular weight is 264 g/mol. The average Bonchev–Trinajstić information content (AvgIpc) is 2.03. The number of benzene rings is 1. The summed E-state index contributed by atoms with van der Waals surface area (Å²) in [7, 11) is -3.48. The second-order valence-corrected chi connectivity index (χ2v) is 5.58. The highest BCUT2D eigenvalue weighted by Crippen LogP contribution is 2.21. The van der Waals surface area contributed by atoms with Crippen molar-refractivity contribution >= 4 is 26.0 Å². The van der Waals surface area contributed by atoms with Crippen LogP contribution >= 0.6 is 15.9 Å². The molecular formula is C8H10BrNO2S. The van der Waals surface area contributed by atoms with Crippen LogP contribution in [0.4, 0.5) is 0 Å². The van der Waals surface area contributed by atoms with Gasteiger partial charge in [0.05, 0.1) is 5.25 Å². The van der Waals surface area contributed by atoms with Crippen LogP contribution in [0.2, 0.25) is 0 Å². The van der Waals surface area contributed by atoms with E-state index in [9.17, 15) is 8.42 Å². The third-order valence-electron chi connectivity index (χ3n) is 1.83. The van der Waals surface area contributed by atoms with Gasteiger partial charge in [-0.25, -0.2) is 13.6 Å². The lowest BCUT2D eigenvalue weighted by Crippen LogP contribution is -2.19. The number of primary sulfonamides is 1. The lowest BCUT2D eigenvalue weighted by molar-refractivity contribution is 0.588. The van der Waals surface area contributed by atoms with Crippen LogP contribution < -0.4 is 5.14 Å². The zero-order valence-corrected chi connectivity index (χ0v) is 9.47. The molecule has 0 heterocycles. The minimum Gasteiger partial charge on any atom is -0.228 e. The lowest BCUT2D eigenvalue weighted by Gasteiger charge is -2.08. The normalized spacial score (nSPS) is 14.1. The molecule has 72 valence electrons. The molecule has 0 aliphatic rings. The van der Waals surface area contributed by atoms with Crippen molar-refractivity contribution in [3.05, 3.63) is 34.3 Å². The van der Waals surface area contributed by atoms with Crippen LogP contribution in [-0.4, -0.2) is 8.42 Å². The molecule has 0 saturated carbocycles. The van der Waals surface area contributed by atoms with E-state index < -0.39 is 15.3 Å². The highest BCUT2D eigenvalue weighted by Gasteiger charge is 2.17. The molecule has 0 bridgehead atoms. The Kier molecular flexibility index (Phi) is 3.10. The van der Waals surface area contributed by atoms with Crippen molar-refractivity contribution in [1.29, 1.82) is 0 Å². The second kappa shape index (κ2) is 3.77. The van der Waals surface area contributed by atoms with Gasteiger partial charge < -0.3 is 0 Å². The van der Waals surface area contributed by atoms with Crippen molar-refractivity contribution in [2.45, 2.75) is 12.2 Å². The fourth-order valence-corrected chi connectivity index (χ4v) is 1.72. The van der Waals surface area contributed by atoms with Gasteiger partial charge in [0.15, 0.2) is 0 Å². The van der Waals surface area contributed by atoms with Crippen molar-refractivity contribution in [1.82, 2.24) is 0 Å². The standard InChI is InChI=1S/C8H10BrNO2S/c1-6(13(10,11)12)7-2-4-8(9)5-3-7/h2-6H,1H3,(H2,10,11,12). The van der Waals surface area contributed by atoms with Crippen LogP contribution in [0, 0.1) is 0 Å². The SMILES string of the molecule is CC(c1ccc(Br)cc1)S(N)(=O)=O. The zero-order chi connectivity index (χ0) is 10.1. The van der Waals surface area contributed by atoms with Gasteiger partial charge in [-0.3, -0.25) is 0 Å². The van der Waals surface area contributed by atoms with Gasteiger partial charge in [0.1, 0.15) is 0 Å². The summed E-state index contributed by atoms with van der Waals surface area (Å²) in [5, 5.41) is 4.36. The van der Waals surface area contributed by atoms with Gasteiger partial charge in [-0.1, -0.05) is 28.1 Å². The molecule has 0 radical (unpaired) electrons. The van der Waals surface area contributed by atoms with Gasteiger partial charge >= 0.3 is 0 Å². The van der Waals surface area contributed by atoms with E-state index in [0.29, 0.717) is 5.56 Å². The largest absolute Gasteiger partial charge is 0.228 e. The summed E-state index contributed by atoms with van der Waals surface area (Å²) >= 11 is 3.26. The molecule has 1 unspecified atom stereocenters. The zero-order valence-electron chi connectivity index (χ0n) is 7.07. The van der Waals surface area contributed by atoms with Crippen LogP contribution in [0.5, 0.6) is 0 Å². The van der Waals surface area contributed by atoms with E-state index in [2.05, 4.69) is 15.9 Å². The molecule has 1 atom stereocenters. The summed E-state index contributed by atoms with van der Waals surface area (Å²) in [6, 6.07) is 7.05. The Morgan fingerprint density at radius 2 is 1.77 bits per heavy atom. The molecule has 3 nitrogen and oxygen atoms in total. The van der Waals surface area contributed by atoms with Crippen molar-refractivity contribution in [2.75, 3.05) is 0 Å². The molecule has 0 aliphatic heterocycles. The summed E-state index contributed by atoms with van der Waals surface area (Å²) in [6.45, 7) is 1.57. The number of sulfonamides is 1. The number of hydrogen-bond donors (Lipinski definition) is 1. The first-order valence-corrected chi connectivity index (χ1v) is 6.08. The maximum absolute atomic E-state index is 11.0. The Balaban J connectivity index is 3.04. The molecule has 1 rings (SSSR count). The molecule has 1 aromatic rings. The molecule has 0 fully saturated rings. The molecule has 0 saturated heterocycles. The molecule has 13 heavy (non-hydrogen) atoms. The molecule has 0 amide bonds. The van der Waals surface area contributed by atoms with E-state index in [4.69, 9.17) is 5.14 Å². The minimum absolute atomic E-state index is 0.652. The first-order chi connectivity index (χ1) is 5.91. The summed E-state index contributed by atoms with van der Waals surface area (Å²) in [6.07, 6.45) is 0. The topological polar surface area (TPSA) is 60.2 Å². The first-order valence-electron chi connectivity index (χ1n) is 3.68. The molecule has 1 aromatic carbocycles. The van der Waals surface area contributed by atoms with Crippen molar-refractivity contribution in [2.24, 2.45) is 5.14 Å². The third-order valence-corrected chi connectivity index (χ3v) is 3.62. The highest BCUT2D eigenvalue weighted by molar-refractivity contribution is 9.10. The molecular weight excluding hydrogens is 254 g/mol. The molecule has 0 aliphatic carbocycles. The molecule has 2 N–H and O–H groups in total. The fraction of sp³-hybridized carbons (Fsp3) is 0.250. The van der Waals surface area contributed by atoms with Gasteiger partial charge in [-0.05, 0) is 24.6 Å². The third kappa shape index (κ3) is 2.79. The first kappa shape index (κ1) is 10.7. The van der Waals surface area contributed by atoms with Crippen LogP contribution in [-0.2, 0) is 10.0 Å². The molecule has 5 heteroatoms. The van der Waals surface area contributed by atoms with Gasteiger partial charge in [-0.15, -0.1) is 0 Å². The maximum atomic E-state index is 11.0. The highest BCUT2D eigenvalue weighted by atomic mass is 79.9. The van der Waals surface area contributed by atoms with Crippen LogP contribution in [0.3, 0.4) is 0 Å². The van der Waals surface area contributed by atoms with Crippen molar-refractivity contribution < 1.29 is 8.42 Å². The number of nitrogens with two attached hydrogens (primary N) is 1. The summed E-state index contributed by atoms with van der Waals surface area (Å²) in [5.74, 6) is 0. The van der Waals surface area contributed by atoms with E-state index in [1.165, 1.54) is 0 Å². The lowest BCUT2D eigenvalue weighted by atomic mass is 10.2. The van der Waals surface area contributed by atoms with Gasteiger partial charge in [0.2, 0.25) is 10.0 Å². The smallest absolute Gasteiger partial charge is 0.215 e. The van der Waals surface area contributed by atoms with Gasteiger partial charge in [-0.2, -0.15) is 0 Å². The number of halogens is 1. The van der Waals surface area contributed by atoms with Crippen molar-refractivity contribution in [3.8, 4) is 0 Å². The van der Waals surface area contributed by atoms with E-state index in [1.54, 1.807) is 31.2 Å². The van der Waals surface area contributed by atoms with Crippen LogP contribution in [0.15, 0.2) is 28.7 Å². The van der Waals surface area contributed by atoms with E-state index in [0.717, 1.165) is 4.47 Å². The molecule has 0 aromatic heterocycles. The van der Waals surface area contributed by atoms with E-state index in [-0.39, 0.29) is 0 Å². The second-order valence-electron chi connectivity index (χ2n) is 2.78. The van der Waals surface area contributed by atoms with Crippen LogP contribution in [0.25, 0.3) is 0 Å². The molecule has 0 spiro atoms. The Morgan fingerprint density at radius 1 is 1.31 bits per heavy atom. The Bertz CT molecular complexity index is 385. The summed E-state index contributed by atoms with van der Waals surface area (Å²) in [4.78, 5) is 0. The summed E-state index contributed by atoms with van der Waals surface area (Å²) < 4.78 is 22.9. The van der Waals surface area contributed by atoms with Gasteiger partial charge in [0, 0.05) is 4.47 Å². The van der Waals surface area contributed by atoms with Crippen LogP contribution in [0.1, 0.15) is 17.7 Å². The minimum atomic E-state index is -3.48. The quantitative estimate of drug-likeness (QED) is 0.885. The van der Waals surface area contributed by atoms with E-state index >= 15 is 0 Å². The predicted molar refractivity (Wildman–Crippen MR) is 55.7 cm³/mol. The monoisotopic (exact) mass is 263 g/mol.